The smallest absolute Gasteiger partial charge is 0.382 e. The van der Waals surface area contributed by atoms with E-state index in [1.54, 1.807) is 28.8 Å². The van der Waals surface area contributed by atoms with Gasteiger partial charge in [-0.05, 0) is 73.4 Å². The molecule has 1 fully saturated rings. The zero-order valence-electron chi connectivity index (χ0n) is 22.1. The normalized spacial score (nSPS) is 20.7. The van der Waals surface area contributed by atoms with Gasteiger partial charge in [0, 0.05) is 40.8 Å². The number of nitrogens with one attached hydrogen (secondary N) is 2. The molecule has 1 aromatic heterocycles. The number of anilines is 1. The predicted octanol–water partition coefficient (Wildman–Crippen LogP) is 5.56. The molecule has 1 saturated carbocycles. The summed E-state index contributed by atoms with van der Waals surface area (Å²) >= 11 is 0. The van der Waals surface area contributed by atoms with Gasteiger partial charge in [-0.15, -0.1) is 0 Å². The first-order chi connectivity index (χ1) is 18.7. The number of nitrogens with two attached hydrogens (primary N) is 1. The van der Waals surface area contributed by atoms with E-state index in [-0.39, 0.29) is 22.9 Å². The molecule has 2 heterocycles. The Hall–Kier alpha value is -3.89. The lowest BCUT2D eigenvalue weighted by Gasteiger charge is -2.31. The highest BCUT2D eigenvalue weighted by molar-refractivity contribution is 6.06. The molecule has 7 nitrogen and oxygen atoms in total. The fraction of sp³-hybridized carbons (Fsp3) is 0.414. The van der Waals surface area contributed by atoms with E-state index in [4.69, 9.17) is 5.73 Å². The molecule has 0 atom stereocenters. The summed E-state index contributed by atoms with van der Waals surface area (Å²) in [6.45, 7) is 4.01. The van der Waals surface area contributed by atoms with E-state index < -0.39 is 29.8 Å². The van der Waals surface area contributed by atoms with Crippen molar-refractivity contribution in [1.29, 1.82) is 0 Å². The van der Waals surface area contributed by atoms with E-state index in [1.807, 2.05) is 19.2 Å². The Kier molecular flexibility index (Phi) is 6.87. The molecule has 0 radical (unpaired) electrons. The number of carbonyl (C=O) groups is 3. The molecular formula is C29H30F4N4O3. The number of rotatable bonds is 5. The van der Waals surface area contributed by atoms with Crippen LogP contribution in [0.4, 0.5) is 23.2 Å². The van der Waals surface area contributed by atoms with Gasteiger partial charge in [0.1, 0.15) is 5.82 Å². The van der Waals surface area contributed by atoms with Gasteiger partial charge in [0.2, 0.25) is 5.91 Å². The number of fused-ring (bicyclic) bond motifs is 3. The average Bonchev–Trinajstić information content (AvgIpc) is 3.16. The monoisotopic (exact) mass is 558 g/mol. The summed E-state index contributed by atoms with van der Waals surface area (Å²) in [4.78, 5) is 36.8. The molecule has 3 aromatic rings. The Morgan fingerprint density at radius 2 is 1.68 bits per heavy atom. The number of halogens is 4. The van der Waals surface area contributed by atoms with Gasteiger partial charge in [-0.25, -0.2) is 4.39 Å². The maximum absolute atomic E-state index is 14.3. The van der Waals surface area contributed by atoms with Crippen LogP contribution in [-0.2, 0) is 11.2 Å². The van der Waals surface area contributed by atoms with Crippen molar-refractivity contribution in [1.82, 2.24) is 9.88 Å². The lowest BCUT2D eigenvalue weighted by Crippen LogP contribution is -2.45. The van der Waals surface area contributed by atoms with Gasteiger partial charge >= 0.3 is 12.1 Å². The van der Waals surface area contributed by atoms with Crippen LogP contribution < -0.4 is 16.4 Å². The Morgan fingerprint density at radius 1 is 1.00 bits per heavy atom. The lowest BCUT2D eigenvalue weighted by molar-refractivity contribution is -0.174. The van der Waals surface area contributed by atoms with Gasteiger partial charge in [-0.1, -0.05) is 19.9 Å². The molecule has 1 aliphatic heterocycles. The van der Waals surface area contributed by atoms with Crippen molar-refractivity contribution in [2.75, 3.05) is 5.32 Å². The fourth-order valence-electron chi connectivity index (χ4n) is 6.00. The van der Waals surface area contributed by atoms with Crippen molar-refractivity contribution in [3.05, 3.63) is 53.5 Å². The van der Waals surface area contributed by atoms with Gasteiger partial charge in [0.25, 0.3) is 5.91 Å². The van der Waals surface area contributed by atoms with E-state index >= 15 is 0 Å². The molecule has 2 amide bonds. The molecule has 0 spiro atoms. The van der Waals surface area contributed by atoms with Crippen molar-refractivity contribution in [2.45, 2.75) is 70.6 Å². The summed E-state index contributed by atoms with van der Waals surface area (Å²) in [6.07, 6.45) is -2.41. The van der Waals surface area contributed by atoms with Crippen molar-refractivity contribution in [3.8, 4) is 11.1 Å². The van der Waals surface area contributed by atoms with E-state index in [0.29, 0.717) is 55.1 Å². The van der Waals surface area contributed by atoms with E-state index in [9.17, 15) is 31.9 Å². The summed E-state index contributed by atoms with van der Waals surface area (Å²) in [7, 11) is 0. The molecule has 2 aromatic carbocycles. The van der Waals surface area contributed by atoms with Crippen LogP contribution in [0, 0.1) is 11.2 Å². The highest BCUT2D eigenvalue weighted by atomic mass is 19.4. The molecule has 4 N–H and O–H groups in total. The number of alkyl halides is 3. The number of carbonyl (C=O) groups excluding carboxylic acids is 3. The Morgan fingerprint density at radius 3 is 2.33 bits per heavy atom. The zero-order valence-corrected chi connectivity index (χ0v) is 22.1. The van der Waals surface area contributed by atoms with Crippen LogP contribution in [0.2, 0.25) is 0 Å². The van der Waals surface area contributed by atoms with Crippen LogP contribution in [0.3, 0.4) is 0 Å². The second kappa shape index (κ2) is 9.94. The van der Waals surface area contributed by atoms with Crippen LogP contribution >= 0.6 is 0 Å². The topological polar surface area (TPSA) is 106 Å². The molecule has 2 aliphatic rings. The van der Waals surface area contributed by atoms with Crippen molar-refractivity contribution in [3.63, 3.8) is 0 Å². The van der Waals surface area contributed by atoms with Gasteiger partial charge in [0.05, 0.1) is 11.1 Å². The maximum Gasteiger partial charge on any atom is 0.471 e. The molecule has 0 saturated heterocycles. The van der Waals surface area contributed by atoms with Crippen molar-refractivity contribution < 1.29 is 31.9 Å². The first-order valence-corrected chi connectivity index (χ1v) is 13.2. The van der Waals surface area contributed by atoms with Crippen molar-refractivity contribution in [2.24, 2.45) is 11.1 Å². The third kappa shape index (κ3) is 5.29. The minimum Gasteiger partial charge on any atom is -0.382 e. The number of primary amides is 1. The first-order valence-electron chi connectivity index (χ1n) is 13.2. The minimum absolute atomic E-state index is 0.116. The molecule has 0 bridgehead atoms. The predicted molar refractivity (Wildman–Crippen MR) is 142 cm³/mol. The molecule has 1 aliphatic carbocycles. The SMILES string of the molecule is CC1(C)CC(=O)n2c(c(-c3ccc(C(N)=O)c(N[C@H]4CC[C@H](NC(=O)C(F)(F)F)CC4)c3)c3ccc(F)cc32)C1. The van der Waals surface area contributed by atoms with Gasteiger partial charge in [-0.2, -0.15) is 13.2 Å². The lowest BCUT2D eigenvalue weighted by atomic mass is 9.80. The molecular weight excluding hydrogens is 528 g/mol. The quantitative estimate of drug-likeness (QED) is 0.357. The number of hydrogen-bond acceptors (Lipinski definition) is 4. The van der Waals surface area contributed by atoms with Crippen LogP contribution in [0.5, 0.6) is 0 Å². The van der Waals surface area contributed by atoms with Crippen LogP contribution in [0.15, 0.2) is 36.4 Å². The standard InChI is InChI=1S/C29H30F4N4O3/c1-28(2)13-23-25(20-10-4-16(30)12-22(20)37(23)24(38)14-28)15-3-9-19(26(34)39)21(11-15)35-17-5-7-18(8-6-17)36-27(40)29(31,32)33/h3-4,9-12,17-18,35H,5-8,13-14H2,1-2H3,(H2,34,39)(H,36,40)/t17-,18-. The van der Waals surface area contributed by atoms with Crippen LogP contribution in [0.25, 0.3) is 22.0 Å². The van der Waals surface area contributed by atoms with Gasteiger partial charge in [0.15, 0.2) is 0 Å². The third-order valence-electron chi connectivity index (χ3n) is 7.81. The maximum atomic E-state index is 14.3. The second-order valence-corrected chi connectivity index (χ2v) is 11.5. The van der Waals surface area contributed by atoms with Crippen LogP contribution in [0.1, 0.15) is 66.8 Å². The highest BCUT2D eigenvalue weighted by Gasteiger charge is 2.40. The molecule has 40 heavy (non-hydrogen) atoms. The van der Waals surface area contributed by atoms with E-state index in [1.165, 1.54) is 12.1 Å². The van der Waals surface area contributed by atoms with Crippen molar-refractivity contribution >= 4 is 34.3 Å². The molecule has 5 rings (SSSR count). The Balaban J connectivity index is 1.48. The molecule has 11 heteroatoms. The minimum atomic E-state index is -4.93. The third-order valence-corrected chi connectivity index (χ3v) is 7.81. The summed E-state index contributed by atoms with van der Waals surface area (Å²) in [6, 6.07) is 8.73. The van der Waals surface area contributed by atoms with E-state index in [2.05, 4.69) is 5.32 Å². The fourth-order valence-corrected chi connectivity index (χ4v) is 6.00. The Labute approximate surface area is 228 Å². The van der Waals surface area contributed by atoms with Gasteiger partial charge < -0.3 is 16.4 Å². The number of hydrogen-bond donors (Lipinski definition) is 3. The number of aromatic nitrogens is 1. The summed E-state index contributed by atoms with van der Waals surface area (Å²) in [5, 5.41) is 6.08. The zero-order chi connectivity index (χ0) is 29.0. The average molecular weight is 559 g/mol. The number of nitrogens with zero attached hydrogens (tertiary/aromatic N) is 1. The summed E-state index contributed by atoms with van der Waals surface area (Å²) in [5.74, 6) is -3.17. The number of amides is 2. The van der Waals surface area contributed by atoms with Crippen LogP contribution in [-0.4, -0.2) is 40.5 Å². The highest BCUT2D eigenvalue weighted by Crippen LogP contribution is 2.43. The summed E-state index contributed by atoms with van der Waals surface area (Å²) < 4.78 is 53.7. The molecule has 0 unspecified atom stereocenters. The van der Waals surface area contributed by atoms with Gasteiger partial charge in [-0.3, -0.25) is 19.0 Å². The summed E-state index contributed by atoms with van der Waals surface area (Å²) in [5.41, 5.74) is 8.80. The largest absolute Gasteiger partial charge is 0.471 e. The Bertz CT molecular complexity index is 1520. The van der Waals surface area contributed by atoms with E-state index in [0.717, 1.165) is 16.8 Å². The first kappa shape index (κ1) is 27.7. The molecule has 212 valence electrons. The second-order valence-electron chi connectivity index (χ2n) is 11.5. The number of benzene rings is 2.